The number of aliphatic hydroxyl groups is 2. The molecule has 7 heteroatoms. The first-order chi connectivity index (χ1) is 12.5. The van der Waals surface area contributed by atoms with Gasteiger partial charge in [0.1, 0.15) is 5.60 Å². The van der Waals surface area contributed by atoms with Crippen molar-refractivity contribution < 1.29 is 15.0 Å². The molecule has 2 aromatic rings. The number of fused-ring (bicyclic) bond motifs is 1. The van der Waals surface area contributed by atoms with Crippen LogP contribution in [0.15, 0.2) is 18.3 Å². The number of piperidine rings is 1. The van der Waals surface area contributed by atoms with Gasteiger partial charge in [0.2, 0.25) is 0 Å². The number of halogens is 1. The van der Waals surface area contributed by atoms with Gasteiger partial charge in [-0.25, -0.2) is 0 Å². The fourth-order valence-corrected chi connectivity index (χ4v) is 4.34. The second-order valence-corrected chi connectivity index (χ2v) is 9.12. The van der Waals surface area contributed by atoms with Gasteiger partial charge < -0.3 is 15.1 Å². The molecule has 2 heterocycles. The van der Waals surface area contributed by atoms with Gasteiger partial charge >= 0.3 is 0 Å². The predicted molar refractivity (Wildman–Crippen MR) is 105 cm³/mol. The summed E-state index contributed by atoms with van der Waals surface area (Å²) in [7, 11) is 0. The van der Waals surface area contributed by atoms with Crippen LogP contribution in [0.4, 0.5) is 0 Å². The van der Waals surface area contributed by atoms with E-state index in [0.29, 0.717) is 18.1 Å². The minimum Gasteiger partial charge on any atom is -0.388 e. The van der Waals surface area contributed by atoms with Gasteiger partial charge in [-0.3, -0.25) is 9.89 Å². The summed E-state index contributed by atoms with van der Waals surface area (Å²) in [4.78, 5) is 14.0. The molecule has 0 bridgehead atoms. The zero-order valence-corrected chi connectivity index (χ0v) is 17.0. The van der Waals surface area contributed by atoms with E-state index in [4.69, 9.17) is 11.6 Å². The van der Waals surface area contributed by atoms with Crippen LogP contribution in [0, 0.1) is 11.3 Å². The Balaban J connectivity index is 1.78. The van der Waals surface area contributed by atoms with Crippen molar-refractivity contribution in [1.29, 1.82) is 0 Å². The quantitative estimate of drug-likeness (QED) is 0.743. The van der Waals surface area contributed by atoms with E-state index in [2.05, 4.69) is 24.0 Å². The van der Waals surface area contributed by atoms with Gasteiger partial charge in [0.15, 0.2) is 0 Å². The topological polar surface area (TPSA) is 89.4 Å². The number of aromatic amines is 1. The molecule has 3 N–H and O–H groups in total. The molecule has 6 nitrogen and oxygen atoms in total. The number of aromatic nitrogens is 2. The minimum absolute atomic E-state index is 0.232. The van der Waals surface area contributed by atoms with Crippen molar-refractivity contribution in [3.8, 4) is 0 Å². The number of carbonyl (C=O) groups is 1. The number of amides is 1. The number of rotatable bonds is 4. The number of aliphatic hydroxyl groups excluding tert-OH is 1. The van der Waals surface area contributed by atoms with Gasteiger partial charge in [0.05, 0.1) is 17.8 Å². The molecule has 1 aromatic carbocycles. The van der Waals surface area contributed by atoms with Crippen LogP contribution in [0.2, 0.25) is 5.02 Å². The van der Waals surface area contributed by atoms with Crippen LogP contribution >= 0.6 is 11.6 Å². The Kier molecular flexibility index (Phi) is 5.27. The highest BCUT2D eigenvalue weighted by Crippen LogP contribution is 2.46. The molecular formula is C20H28ClN3O3. The maximum absolute atomic E-state index is 12.3. The van der Waals surface area contributed by atoms with Crippen molar-refractivity contribution in [3.05, 3.63) is 28.9 Å². The van der Waals surface area contributed by atoms with Crippen LogP contribution in [0.5, 0.6) is 0 Å². The summed E-state index contributed by atoms with van der Waals surface area (Å²) < 4.78 is 0. The van der Waals surface area contributed by atoms with E-state index in [1.54, 1.807) is 17.2 Å². The number of hydrogen-bond donors (Lipinski definition) is 3. The van der Waals surface area contributed by atoms with Gasteiger partial charge in [0, 0.05) is 29.1 Å². The average molecular weight is 394 g/mol. The average Bonchev–Trinajstić information content (AvgIpc) is 3.07. The molecule has 0 spiro atoms. The van der Waals surface area contributed by atoms with Crippen LogP contribution in [0.3, 0.4) is 0 Å². The highest BCUT2D eigenvalue weighted by molar-refractivity contribution is 6.31. The Hall–Kier alpha value is -1.63. The summed E-state index contributed by atoms with van der Waals surface area (Å²) in [5.41, 5.74) is -0.216. The van der Waals surface area contributed by atoms with Crippen molar-refractivity contribution in [2.75, 3.05) is 13.1 Å². The van der Waals surface area contributed by atoms with Crippen LogP contribution in [0.1, 0.15) is 52.2 Å². The second-order valence-electron chi connectivity index (χ2n) is 8.68. The smallest absolute Gasteiger partial charge is 0.253 e. The van der Waals surface area contributed by atoms with Gasteiger partial charge in [-0.1, -0.05) is 25.4 Å². The van der Waals surface area contributed by atoms with Crippen molar-refractivity contribution in [2.45, 2.75) is 52.2 Å². The Bertz CT molecular complexity index is 833. The zero-order valence-electron chi connectivity index (χ0n) is 16.3. The van der Waals surface area contributed by atoms with E-state index in [-0.39, 0.29) is 11.8 Å². The molecule has 0 saturated carbocycles. The first-order valence-corrected chi connectivity index (χ1v) is 9.72. The molecule has 1 unspecified atom stereocenters. The predicted octanol–water partition coefficient (Wildman–Crippen LogP) is 3.29. The molecule has 1 fully saturated rings. The van der Waals surface area contributed by atoms with Crippen LogP contribution in [-0.2, 0) is 4.79 Å². The number of nitrogens with one attached hydrogen (secondary N) is 1. The second kappa shape index (κ2) is 7.08. The third kappa shape index (κ3) is 3.84. The van der Waals surface area contributed by atoms with Gasteiger partial charge in [-0.15, -0.1) is 0 Å². The lowest BCUT2D eigenvalue weighted by Gasteiger charge is -2.44. The molecule has 3 rings (SSSR count). The Morgan fingerprint density at radius 1 is 1.30 bits per heavy atom. The number of nitrogens with zero attached hydrogens (tertiary/aromatic N) is 2. The third-order valence-corrected chi connectivity index (χ3v) is 6.12. The maximum Gasteiger partial charge on any atom is 0.253 e. The van der Waals surface area contributed by atoms with E-state index >= 15 is 0 Å². The molecule has 148 valence electrons. The van der Waals surface area contributed by atoms with E-state index in [1.165, 1.54) is 13.8 Å². The van der Waals surface area contributed by atoms with E-state index in [9.17, 15) is 15.0 Å². The van der Waals surface area contributed by atoms with E-state index < -0.39 is 17.1 Å². The zero-order chi connectivity index (χ0) is 20.0. The summed E-state index contributed by atoms with van der Waals surface area (Å²) in [5, 5.41) is 29.6. The third-order valence-electron chi connectivity index (χ3n) is 5.90. The number of hydrogen-bond acceptors (Lipinski definition) is 4. The standard InChI is InChI=1S/C20H28ClN3O3/c1-19(2,13-5-7-24(8-6-13)18(26)20(3,4)27)17(25)15-10-14(21)9-12-11-22-23-16(12)15/h9-11,13,17,25,27H,5-8H2,1-4H3,(H,22,23). The summed E-state index contributed by atoms with van der Waals surface area (Å²) in [6.07, 6.45) is 2.53. The fraction of sp³-hybridized carbons (Fsp3) is 0.600. The molecule has 0 aliphatic carbocycles. The first-order valence-electron chi connectivity index (χ1n) is 9.34. The molecular weight excluding hydrogens is 366 g/mol. The van der Waals surface area contributed by atoms with Crippen LogP contribution < -0.4 is 0 Å². The number of benzene rings is 1. The summed E-state index contributed by atoms with van der Waals surface area (Å²) >= 11 is 6.24. The lowest BCUT2D eigenvalue weighted by molar-refractivity contribution is -0.150. The number of H-pyrrole nitrogens is 1. The molecule has 0 radical (unpaired) electrons. The normalized spacial score (nSPS) is 18.1. The largest absolute Gasteiger partial charge is 0.388 e. The molecule has 1 atom stereocenters. The van der Waals surface area contributed by atoms with Crippen molar-refractivity contribution in [3.63, 3.8) is 0 Å². The molecule has 1 aliphatic rings. The lowest BCUT2D eigenvalue weighted by atomic mass is 9.68. The molecule has 1 aromatic heterocycles. The highest BCUT2D eigenvalue weighted by atomic mass is 35.5. The molecule has 1 amide bonds. The number of likely N-dealkylation sites (tertiary alicyclic amines) is 1. The summed E-state index contributed by atoms with van der Waals surface area (Å²) in [6.45, 7) is 8.31. The molecule has 27 heavy (non-hydrogen) atoms. The molecule has 1 saturated heterocycles. The molecule has 1 aliphatic heterocycles. The minimum atomic E-state index is -1.35. The van der Waals surface area contributed by atoms with Gasteiger partial charge in [-0.05, 0) is 50.2 Å². The Morgan fingerprint density at radius 2 is 1.93 bits per heavy atom. The summed E-state index contributed by atoms with van der Waals surface area (Å²) in [5.74, 6) is -0.0105. The van der Waals surface area contributed by atoms with Crippen molar-refractivity contribution >= 4 is 28.4 Å². The Morgan fingerprint density at radius 3 is 2.52 bits per heavy atom. The SMILES string of the molecule is CC(C)(O)C(=O)N1CCC(C(C)(C)C(O)c2cc(Cl)cc3cn[nH]c23)CC1. The van der Waals surface area contributed by atoms with Crippen molar-refractivity contribution in [1.82, 2.24) is 15.1 Å². The van der Waals surface area contributed by atoms with E-state index in [1.807, 2.05) is 6.07 Å². The number of carbonyl (C=O) groups excluding carboxylic acids is 1. The Labute approximate surface area is 164 Å². The monoisotopic (exact) mass is 393 g/mol. The van der Waals surface area contributed by atoms with E-state index in [0.717, 1.165) is 29.3 Å². The van der Waals surface area contributed by atoms with Crippen molar-refractivity contribution in [2.24, 2.45) is 11.3 Å². The van der Waals surface area contributed by atoms with Crippen LogP contribution in [0.25, 0.3) is 10.9 Å². The highest BCUT2D eigenvalue weighted by Gasteiger charge is 2.41. The maximum atomic E-state index is 12.3. The first kappa shape index (κ1) is 20.1. The van der Waals surface area contributed by atoms with Crippen LogP contribution in [-0.4, -0.2) is 49.9 Å². The fourth-order valence-electron chi connectivity index (χ4n) is 4.10. The lowest BCUT2D eigenvalue weighted by Crippen LogP contribution is -2.50. The van der Waals surface area contributed by atoms with Gasteiger partial charge in [-0.2, -0.15) is 5.10 Å². The summed E-state index contributed by atoms with van der Waals surface area (Å²) in [6, 6.07) is 3.62. The van der Waals surface area contributed by atoms with Gasteiger partial charge in [0.25, 0.3) is 5.91 Å².